The van der Waals surface area contributed by atoms with Gasteiger partial charge in [0, 0.05) is 20.2 Å². The zero-order chi connectivity index (χ0) is 11.4. The lowest BCUT2D eigenvalue weighted by molar-refractivity contribution is -0.179. The second-order valence-electron chi connectivity index (χ2n) is 5.10. The molecule has 2 N–H and O–H groups in total. The average Bonchev–Trinajstić information content (AvgIpc) is 2.84. The van der Waals surface area contributed by atoms with Crippen molar-refractivity contribution in [2.45, 2.75) is 44.0 Å². The fourth-order valence-corrected chi connectivity index (χ4v) is 3.03. The molecule has 0 spiro atoms. The molecule has 1 atom stereocenters. The van der Waals surface area contributed by atoms with Crippen LogP contribution in [0.15, 0.2) is 0 Å². The molecule has 4 heteroatoms. The zero-order valence-electron chi connectivity index (χ0n) is 10.1. The van der Waals surface area contributed by atoms with Crippen LogP contribution < -0.4 is 5.32 Å². The molecule has 0 amide bonds. The van der Waals surface area contributed by atoms with Gasteiger partial charge in [0.2, 0.25) is 0 Å². The lowest BCUT2D eigenvalue weighted by Crippen LogP contribution is -2.38. The van der Waals surface area contributed by atoms with E-state index < -0.39 is 6.29 Å². The summed E-state index contributed by atoms with van der Waals surface area (Å²) in [5, 5.41) is 12.9. The summed E-state index contributed by atoms with van der Waals surface area (Å²) in [7, 11) is 1.67. The predicted molar refractivity (Wildman–Crippen MR) is 61.1 cm³/mol. The second-order valence-corrected chi connectivity index (χ2v) is 5.10. The molecule has 0 aromatic rings. The number of fused-ring (bicyclic) bond motifs is 2. The lowest BCUT2D eigenvalue weighted by atomic mass is 9.97. The lowest BCUT2D eigenvalue weighted by Gasteiger charge is -2.30. The molecule has 94 valence electrons. The van der Waals surface area contributed by atoms with E-state index in [4.69, 9.17) is 9.47 Å². The molecule has 0 aromatic heterocycles. The van der Waals surface area contributed by atoms with E-state index in [2.05, 4.69) is 5.32 Å². The van der Waals surface area contributed by atoms with Gasteiger partial charge >= 0.3 is 0 Å². The Labute approximate surface area is 97.3 Å². The first kappa shape index (κ1) is 12.3. The highest BCUT2D eigenvalue weighted by molar-refractivity contribution is 4.98. The van der Waals surface area contributed by atoms with E-state index >= 15 is 0 Å². The topological polar surface area (TPSA) is 50.7 Å². The van der Waals surface area contributed by atoms with Crippen molar-refractivity contribution in [1.82, 2.24) is 5.32 Å². The molecule has 2 bridgehead atoms. The molecule has 16 heavy (non-hydrogen) atoms. The Balaban J connectivity index is 1.65. The van der Waals surface area contributed by atoms with Crippen molar-refractivity contribution in [3.63, 3.8) is 0 Å². The summed E-state index contributed by atoms with van der Waals surface area (Å²) < 4.78 is 10.7. The minimum absolute atomic E-state index is 0.00696. The summed E-state index contributed by atoms with van der Waals surface area (Å²) >= 11 is 0. The molecule has 0 heterocycles. The van der Waals surface area contributed by atoms with Crippen molar-refractivity contribution in [2.75, 3.05) is 26.8 Å². The first-order valence-electron chi connectivity index (χ1n) is 6.30. The second kappa shape index (κ2) is 5.45. The minimum Gasteiger partial charge on any atom is -0.383 e. The van der Waals surface area contributed by atoms with Gasteiger partial charge in [-0.1, -0.05) is 0 Å². The van der Waals surface area contributed by atoms with Crippen LogP contribution in [0.5, 0.6) is 0 Å². The van der Waals surface area contributed by atoms with Crippen LogP contribution in [0.4, 0.5) is 0 Å². The van der Waals surface area contributed by atoms with Crippen LogP contribution >= 0.6 is 0 Å². The maximum absolute atomic E-state index is 9.80. The summed E-state index contributed by atoms with van der Waals surface area (Å²) in [4.78, 5) is 0. The van der Waals surface area contributed by atoms with Gasteiger partial charge in [0.15, 0.2) is 6.29 Å². The van der Waals surface area contributed by atoms with E-state index in [1.165, 1.54) is 12.8 Å². The summed E-state index contributed by atoms with van der Waals surface area (Å²) in [6.45, 7) is 1.92. The standard InChI is InChI=1S/C12H23NO3/c1-15-7-6-13-9-11(14)16-12-4-2-10(8-12)3-5-12/h10-11,13-14H,2-9H2,1H3. The van der Waals surface area contributed by atoms with Gasteiger partial charge in [-0.2, -0.15) is 0 Å². The molecule has 0 radical (unpaired) electrons. The zero-order valence-corrected chi connectivity index (χ0v) is 10.1. The van der Waals surface area contributed by atoms with Gasteiger partial charge in [-0.05, 0) is 38.0 Å². The fourth-order valence-electron chi connectivity index (χ4n) is 3.03. The van der Waals surface area contributed by atoms with Gasteiger partial charge < -0.3 is 19.9 Å². The first-order valence-corrected chi connectivity index (χ1v) is 6.30. The van der Waals surface area contributed by atoms with Crippen LogP contribution in [-0.2, 0) is 9.47 Å². The number of aliphatic hydroxyl groups is 1. The molecule has 0 saturated heterocycles. The van der Waals surface area contributed by atoms with Gasteiger partial charge in [0.1, 0.15) is 0 Å². The van der Waals surface area contributed by atoms with Crippen LogP contribution in [0, 0.1) is 5.92 Å². The van der Waals surface area contributed by atoms with Crippen molar-refractivity contribution >= 4 is 0 Å². The van der Waals surface area contributed by atoms with Crippen molar-refractivity contribution in [3.05, 3.63) is 0 Å². The van der Waals surface area contributed by atoms with E-state index in [-0.39, 0.29) is 5.60 Å². The normalized spacial score (nSPS) is 34.5. The number of aliphatic hydroxyl groups excluding tert-OH is 1. The quantitative estimate of drug-likeness (QED) is 0.503. The Morgan fingerprint density at radius 2 is 2.19 bits per heavy atom. The van der Waals surface area contributed by atoms with Gasteiger partial charge in [-0.15, -0.1) is 0 Å². The molecular formula is C12H23NO3. The molecule has 2 aliphatic carbocycles. The third-order valence-corrected chi connectivity index (χ3v) is 3.87. The van der Waals surface area contributed by atoms with Crippen LogP contribution in [0.25, 0.3) is 0 Å². The Hall–Kier alpha value is -0.160. The van der Waals surface area contributed by atoms with Crippen molar-refractivity contribution < 1.29 is 14.6 Å². The largest absolute Gasteiger partial charge is 0.383 e. The first-order chi connectivity index (χ1) is 7.74. The monoisotopic (exact) mass is 229 g/mol. The fraction of sp³-hybridized carbons (Fsp3) is 1.00. The third kappa shape index (κ3) is 2.94. The summed E-state index contributed by atoms with van der Waals surface area (Å²) in [5.74, 6) is 0.855. The Morgan fingerprint density at radius 3 is 2.75 bits per heavy atom. The Kier molecular flexibility index (Phi) is 4.19. The molecule has 2 fully saturated rings. The van der Waals surface area contributed by atoms with Gasteiger partial charge in [-0.3, -0.25) is 0 Å². The Bertz CT molecular complexity index is 214. The van der Waals surface area contributed by atoms with E-state index in [1.807, 2.05) is 0 Å². The number of rotatable bonds is 7. The molecule has 4 nitrogen and oxygen atoms in total. The minimum atomic E-state index is -0.672. The van der Waals surface area contributed by atoms with E-state index in [0.29, 0.717) is 13.2 Å². The molecule has 0 aromatic carbocycles. The number of nitrogens with one attached hydrogen (secondary N) is 1. The van der Waals surface area contributed by atoms with Crippen molar-refractivity contribution in [1.29, 1.82) is 0 Å². The third-order valence-electron chi connectivity index (χ3n) is 3.87. The van der Waals surface area contributed by atoms with E-state index in [0.717, 1.165) is 31.7 Å². The predicted octanol–water partition coefficient (Wildman–Crippen LogP) is 0.890. The molecule has 1 unspecified atom stereocenters. The smallest absolute Gasteiger partial charge is 0.167 e. The number of ether oxygens (including phenoxy) is 2. The van der Waals surface area contributed by atoms with Crippen LogP contribution in [0.3, 0.4) is 0 Å². The highest BCUT2D eigenvalue weighted by atomic mass is 16.6. The van der Waals surface area contributed by atoms with Crippen LogP contribution in [0.1, 0.15) is 32.1 Å². The van der Waals surface area contributed by atoms with Crippen molar-refractivity contribution in [2.24, 2.45) is 5.92 Å². The number of methoxy groups -OCH3 is 1. The Morgan fingerprint density at radius 1 is 1.44 bits per heavy atom. The summed E-state index contributed by atoms with van der Waals surface area (Å²) in [5.41, 5.74) is 0.00696. The van der Waals surface area contributed by atoms with E-state index in [1.54, 1.807) is 7.11 Å². The SMILES string of the molecule is COCCNCC(O)OC12CCC(CC1)C2. The maximum Gasteiger partial charge on any atom is 0.167 e. The highest BCUT2D eigenvalue weighted by Gasteiger charge is 2.46. The molecule has 2 rings (SSSR count). The maximum atomic E-state index is 9.80. The molecule has 2 aliphatic rings. The summed E-state index contributed by atoms with van der Waals surface area (Å²) in [6.07, 6.45) is 5.31. The van der Waals surface area contributed by atoms with Gasteiger partial charge in [0.05, 0.1) is 12.2 Å². The summed E-state index contributed by atoms with van der Waals surface area (Å²) in [6, 6.07) is 0. The average molecular weight is 229 g/mol. The molecular weight excluding hydrogens is 206 g/mol. The number of hydrogen-bond acceptors (Lipinski definition) is 4. The highest BCUT2D eigenvalue weighted by Crippen LogP contribution is 2.50. The van der Waals surface area contributed by atoms with Crippen LogP contribution in [-0.4, -0.2) is 43.8 Å². The number of hydrogen-bond donors (Lipinski definition) is 2. The van der Waals surface area contributed by atoms with Gasteiger partial charge in [0.25, 0.3) is 0 Å². The van der Waals surface area contributed by atoms with Crippen molar-refractivity contribution in [3.8, 4) is 0 Å². The molecule has 0 aliphatic heterocycles. The van der Waals surface area contributed by atoms with Gasteiger partial charge in [-0.25, -0.2) is 0 Å². The molecule has 2 saturated carbocycles. The van der Waals surface area contributed by atoms with E-state index in [9.17, 15) is 5.11 Å². The van der Waals surface area contributed by atoms with Crippen LogP contribution in [0.2, 0.25) is 0 Å².